The van der Waals surface area contributed by atoms with Crippen molar-refractivity contribution in [2.75, 3.05) is 7.05 Å². The van der Waals surface area contributed by atoms with Crippen molar-refractivity contribution < 1.29 is 19.5 Å². The summed E-state index contributed by atoms with van der Waals surface area (Å²) in [7, 11) is 1.48. The lowest BCUT2D eigenvalue weighted by atomic mass is 10.0. The van der Waals surface area contributed by atoms with Gasteiger partial charge in [0.2, 0.25) is 0 Å². The fraction of sp³-hybridized carbons (Fsp3) is 0.240. The molecular formula is C25H28N4O4. The maximum atomic E-state index is 12.7. The number of aliphatic hydroxyl groups excluding tert-OH is 1. The molecule has 0 bridgehead atoms. The van der Waals surface area contributed by atoms with Gasteiger partial charge in [0.25, 0.3) is 5.91 Å². The van der Waals surface area contributed by atoms with E-state index in [4.69, 9.17) is 4.84 Å². The summed E-state index contributed by atoms with van der Waals surface area (Å²) in [5.74, 6) is -0.602. The third kappa shape index (κ3) is 7.71. The summed E-state index contributed by atoms with van der Waals surface area (Å²) in [6, 6.07) is 22.7. The molecule has 1 aromatic heterocycles. The van der Waals surface area contributed by atoms with Crippen molar-refractivity contribution in [1.82, 2.24) is 20.7 Å². The average molecular weight is 449 g/mol. The topological polar surface area (TPSA) is 104 Å². The molecule has 2 aromatic carbocycles. The Kier molecular flexibility index (Phi) is 8.93. The van der Waals surface area contributed by atoms with Crippen LogP contribution in [0.5, 0.6) is 0 Å². The lowest BCUT2D eigenvalue weighted by Crippen LogP contribution is -2.54. The summed E-state index contributed by atoms with van der Waals surface area (Å²) < 4.78 is 0. The molecule has 0 radical (unpaired) electrons. The first kappa shape index (κ1) is 23.9. The molecular weight excluding hydrogens is 420 g/mol. The molecule has 33 heavy (non-hydrogen) atoms. The highest BCUT2D eigenvalue weighted by Crippen LogP contribution is 2.09. The number of rotatable bonds is 10. The zero-order valence-electron chi connectivity index (χ0n) is 18.4. The lowest BCUT2D eigenvalue weighted by Gasteiger charge is -2.26. The Hall–Kier alpha value is -3.75. The van der Waals surface area contributed by atoms with Crippen LogP contribution in [0.25, 0.3) is 0 Å². The van der Waals surface area contributed by atoms with Crippen LogP contribution >= 0.6 is 0 Å². The van der Waals surface area contributed by atoms with Crippen LogP contribution in [0.3, 0.4) is 0 Å². The van der Waals surface area contributed by atoms with Gasteiger partial charge in [-0.15, -0.1) is 0 Å². The van der Waals surface area contributed by atoms with E-state index in [0.717, 1.165) is 16.2 Å². The largest absolute Gasteiger partial charge is 0.381 e. The van der Waals surface area contributed by atoms with Gasteiger partial charge in [-0.2, -0.15) is 0 Å². The fourth-order valence-corrected chi connectivity index (χ4v) is 3.13. The number of pyridine rings is 1. The van der Waals surface area contributed by atoms with Gasteiger partial charge in [-0.05, 0) is 29.7 Å². The number of carbonyl (C=O) groups excluding carboxylic acids is 2. The Labute approximate surface area is 193 Å². The second kappa shape index (κ2) is 12.3. The number of amides is 3. The first-order valence-corrected chi connectivity index (χ1v) is 10.6. The number of benzene rings is 2. The monoisotopic (exact) mass is 448 g/mol. The Morgan fingerprint density at radius 3 is 2.24 bits per heavy atom. The van der Waals surface area contributed by atoms with Gasteiger partial charge >= 0.3 is 6.03 Å². The summed E-state index contributed by atoms with van der Waals surface area (Å²) >= 11 is 0. The normalized spacial score (nSPS) is 12.4. The van der Waals surface area contributed by atoms with E-state index in [0.29, 0.717) is 5.69 Å². The van der Waals surface area contributed by atoms with Gasteiger partial charge in [0.15, 0.2) is 6.10 Å². The van der Waals surface area contributed by atoms with E-state index in [2.05, 4.69) is 15.6 Å². The summed E-state index contributed by atoms with van der Waals surface area (Å²) in [6.45, 7) is 0.379. The maximum absolute atomic E-state index is 12.7. The number of aromatic nitrogens is 1. The number of aliphatic hydroxyl groups is 1. The number of carbonyl (C=O) groups is 2. The molecule has 172 valence electrons. The molecule has 3 rings (SSSR count). The minimum atomic E-state index is -1.47. The average Bonchev–Trinajstić information content (AvgIpc) is 2.86. The quantitative estimate of drug-likeness (QED) is 0.414. The molecule has 1 heterocycles. The van der Waals surface area contributed by atoms with Gasteiger partial charge in [0, 0.05) is 13.2 Å². The maximum Gasteiger partial charge on any atom is 0.341 e. The van der Waals surface area contributed by atoms with Gasteiger partial charge in [-0.3, -0.25) is 14.6 Å². The Morgan fingerprint density at radius 2 is 1.61 bits per heavy atom. The third-order valence-corrected chi connectivity index (χ3v) is 4.98. The fourth-order valence-electron chi connectivity index (χ4n) is 3.13. The van der Waals surface area contributed by atoms with Crippen LogP contribution in [0.2, 0.25) is 0 Å². The van der Waals surface area contributed by atoms with Crippen LogP contribution in [0.15, 0.2) is 85.1 Å². The van der Waals surface area contributed by atoms with Crippen LogP contribution in [0, 0.1) is 0 Å². The number of nitrogens with zero attached hydrogens (tertiary/aromatic N) is 2. The van der Waals surface area contributed by atoms with Crippen LogP contribution in [-0.4, -0.2) is 46.3 Å². The molecule has 3 N–H and O–H groups in total. The van der Waals surface area contributed by atoms with Gasteiger partial charge in [-0.1, -0.05) is 66.7 Å². The second-order valence-electron chi connectivity index (χ2n) is 7.49. The van der Waals surface area contributed by atoms with E-state index < -0.39 is 24.1 Å². The molecule has 8 nitrogen and oxygen atoms in total. The van der Waals surface area contributed by atoms with Crippen molar-refractivity contribution in [2.45, 2.75) is 31.7 Å². The van der Waals surface area contributed by atoms with Crippen LogP contribution < -0.4 is 10.6 Å². The molecule has 0 fully saturated rings. The van der Waals surface area contributed by atoms with Gasteiger partial charge < -0.3 is 15.7 Å². The molecule has 0 saturated carbocycles. The summed E-state index contributed by atoms with van der Waals surface area (Å²) in [4.78, 5) is 35.0. The van der Waals surface area contributed by atoms with Gasteiger partial charge in [0.05, 0.1) is 18.3 Å². The minimum absolute atomic E-state index is 0.169. The van der Waals surface area contributed by atoms with E-state index >= 15 is 0 Å². The minimum Gasteiger partial charge on any atom is -0.381 e. The van der Waals surface area contributed by atoms with Gasteiger partial charge in [-0.25, -0.2) is 9.86 Å². The van der Waals surface area contributed by atoms with E-state index in [9.17, 15) is 14.7 Å². The lowest BCUT2D eigenvalue weighted by molar-refractivity contribution is -0.131. The van der Waals surface area contributed by atoms with Crippen molar-refractivity contribution in [2.24, 2.45) is 0 Å². The van der Waals surface area contributed by atoms with Crippen molar-refractivity contribution in [3.05, 3.63) is 102 Å². The predicted octanol–water partition coefficient (Wildman–Crippen LogP) is 2.44. The summed E-state index contributed by atoms with van der Waals surface area (Å²) in [6.07, 6.45) is 0.416. The van der Waals surface area contributed by atoms with Crippen LogP contribution in [0.1, 0.15) is 16.8 Å². The highest BCUT2D eigenvalue weighted by molar-refractivity contribution is 5.82. The van der Waals surface area contributed by atoms with Crippen molar-refractivity contribution in [3.63, 3.8) is 0 Å². The van der Waals surface area contributed by atoms with Crippen LogP contribution in [-0.2, 0) is 29.2 Å². The molecule has 0 saturated heterocycles. The number of hydrogen-bond donors (Lipinski definition) is 3. The zero-order valence-corrected chi connectivity index (χ0v) is 18.4. The Balaban J connectivity index is 1.62. The molecule has 0 aliphatic heterocycles. The van der Waals surface area contributed by atoms with E-state index in [1.54, 1.807) is 18.3 Å². The molecule has 0 aliphatic rings. The number of nitrogens with one attached hydrogen (secondary N) is 2. The van der Waals surface area contributed by atoms with Crippen LogP contribution in [0.4, 0.5) is 4.79 Å². The summed E-state index contributed by atoms with van der Waals surface area (Å²) in [5.41, 5.74) is 2.44. The van der Waals surface area contributed by atoms with E-state index in [-0.39, 0.29) is 19.6 Å². The van der Waals surface area contributed by atoms with Crippen molar-refractivity contribution in [3.8, 4) is 0 Å². The smallest absolute Gasteiger partial charge is 0.341 e. The van der Waals surface area contributed by atoms with Gasteiger partial charge in [0.1, 0.15) is 6.61 Å². The molecule has 3 amide bonds. The molecule has 0 spiro atoms. The molecule has 0 aliphatic carbocycles. The predicted molar refractivity (Wildman–Crippen MR) is 124 cm³/mol. The SMILES string of the molecule is CN(OCc1ccccc1)C(=O)N[C@H](Cc1ccccc1)[C@H](O)C(=O)NCc1ccccn1. The Morgan fingerprint density at radius 1 is 0.970 bits per heavy atom. The third-order valence-electron chi connectivity index (χ3n) is 4.98. The number of hydroxylamine groups is 2. The standard InChI is InChI=1S/C25H28N4O4/c1-29(33-18-20-12-6-3-7-13-20)25(32)28-22(16-19-10-4-2-5-11-19)23(30)24(31)27-17-21-14-8-9-15-26-21/h2-15,22-23,30H,16-18H2,1H3,(H,27,31)(H,28,32)/t22-,23+/m1/s1. The first-order chi connectivity index (χ1) is 16.0. The highest BCUT2D eigenvalue weighted by Gasteiger charge is 2.29. The van der Waals surface area contributed by atoms with Crippen molar-refractivity contribution in [1.29, 1.82) is 0 Å². The summed E-state index contributed by atoms with van der Waals surface area (Å²) in [5, 5.41) is 17.2. The highest BCUT2D eigenvalue weighted by atomic mass is 16.7. The second-order valence-corrected chi connectivity index (χ2v) is 7.49. The molecule has 2 atom stereocenters. The van der Waals surface area contributed by atoms with E-state index in [1.807, 2.05) is 66.7 Å². The van der Waals surface area contributed by atoms with E-state index in [1.165, 1.54) is 7.05 Å². The molecule has 8 heteroatoms. The number of urea groups is 1. The Bertz CT molecular complexity index is 1000. The first-order valence-electron chi connectivity index (χ1n) is 10.6. The number of hydrogen-bond acceptors (Lipinski definition) is 5. The van der Waals surface area contributed by atoms with Crippen molar-refractivity contribution >= 4 is 11.9 Å². The molecule has 3 aromatic rings. The molecule has 0 unspecified atom stereocenters. The zero-order chi connectivity index (χ0) is 23.5.